The molecule has 0 bridgehead atoms. The van der Waals surface area contributed by atoms with Gasteiger partial charge in [-0.25, -0.2) is 9.78 Å². The molecule has 0 saturated heterocycles. The first-order valence-corrected chi connectivity index (χ1v) is 10.9. The second kappa shape index (κ2) is 10.4. The summed E-state index contributed by atoms with van der Waals surface area (Å²) in [6.45, 7) is 5.14. The molecule has 0 radical (unpaired) electrons. The number of hydrogen-bond acceptors (Lipinski definition) is 7. The van der Waals surface area contributed by atoms with E-state index >= 15 is 0 Å². The minimum atomic E-state index is -0.498. The maximum Gasteiger partial charge on any atom is 0.344 e. The highest BCUT2D eigenvalue weighted by Crippen LogP contribution is 2.30. The number of carbonyl (C=O) groups excluding carboxylic acids is 1. The molecule has 0 saturated carbocycles. The van der Waals surface area contributed by atoms with Gasteiger partial charge in [0.2, 0.25) is 0 Å². The van der Waals surface area contributed by atoms with Gasteiger partial charge in [-0.3, -0.25) is 4.79 Å². The number of halogens is 1. The van der Waals surface area contributed by atoms with Crippen LogP contribution in [0.3, 0.4) is 0 Å². The van der Waals surface area contributed by atoms with Crippen LogP contribution >= 0.6 is 15.9 Å². The Morgan fingerprint density at radius 1 is 1.28 bits per heavy atom. The highest BCUT2D eigenvalue weighted by molar-refractivity contribution is 9.10. The van der Waals surface area contributed by atoms with Crippen molar-refractivity contribution < 1.29 is 19.0 Å². The minimum absolute atomic E-state index is 0.246. The standard InChI is InChI=1S/C23H24BrN3O5/c1-5-20-26-18-10-9-16(24)11-17(18)23(29)27(20)25-12-15-7-6-8-19(30-4)22(15)31-13-21(28)32-14(2)3/h6-12,14H,5,13H2,1-4H3. The monoisotopic (exact) mass is 501 g/mol. The lowest BCUT2D eigenvalue weighted by Crippen LogP contribution is -2.22. The van der Waals surface area contributed by atoms with E-state index in [0.717, 1.165) is 4.47 Å². The fraction of sp³-hybridized carbons (Fsp3) is 0.304. The summed E-state index contributed by atoms with van der Waals surface area (Å²) in [7, 11) is 1.50. The fourth-order valence-corrected chi connectivity index (χ4v) is 3.40. The molecule has 3 aromatic rings. The second-order valence-corrected chi connectivity index (χ2v) is 8.03. The first-order valence-electron chi connectivity index (χ1n) is 10.1. The number of methoxy groups -OCH3 is 1. The van der Waals surface area contributed by atoms with Gasteiger partial charge in [-0.15, -0.1) is 0 Å². The third-order valence-corrected chi connectivity index (χ3v) is 4.93. The Morgan fingerprint density at radius 3 is 2.75 bits per heavy atom. The molecular formula is C23H24BrN3O5. The van der Waals surface area contributed by atoms with Crippen molar-refractivity contribution in [2.24, 2.45) is 5.10 Å². The first kappa shape index (κ1) is 23.5. The van der Waals surface area contributed by atoms with Gasteiger partial charge in [0.25, 0.3) is 5.56 Å². The molecule has 9 heteroatoms. The summed E-state index contributed by atoms with van der Waals surface area (Å²) in [6, 6.07) is 10.6. The Morgan fingerprint density at radius 2 is 2.06 bits per heavy atom. The molecule has 0 N–H and O–H groups in total. The van der Waals surface area contributed by atoms with E-state index in [1.807, 2.05) is 13.0 Å². The van der Waals surface area contributed by atoms with Crippen LogP contribution in [0.25, 0.3) is 10.9 Å². The summed E-state index contributed by atoms with van der Waals surface area (Å²) in [6.07, 6.45) is 1.75. The molecule has 0 atom stereocenters. The molecule has 0 amide bonds. The van der Waals surface area contributed by atoms with Crippen molar-refractivity contribution in [2.45, 2.75) is 33.3 Å². The predicted octanol–water partition coefficient (Wildman–Crippen LogP) is 3.94. The second-order valence-electron chi connectivity index (χ2n) is 7.11. The molecule has 0 fully saturated rings. The first-order chi connectivity index (χ1) is 15.3. The van der Waals surface area contributed by atoms with E-state index in [1.165, 1.54) is 18.0 Å². The number of ether oxygens (including phenoxy) is 3. The average molecular weight is 502 g/mol. The third kappa shape index (κ3) is 5.34. The molecule has 0 unspecified atom stereocenters. The summed E-state index contributed by atoms with van der Waals surface area (Å²) < 4.78 is 18.2. The zero-order valence-corrected chi connectivity index (χ0v) is 19.9. The van der Waals surface area contributed by atoms with Gasteiger partial charge in [0.05, 0.1) is 30.3 Å². The molecule has 0 spiro atoms. The van der Waals surface area contributed by atoms with Crippen LogP contribution in [0.4, 0.5) is 0 Å². The highest BCUT2D eigenvalue weighted by atomic mass is 79.9. The van der Waals surface area contributed by atoms with Crippen LogP contribution in [0.5, 0.6) is 11.5 Å². The number of aromatic nitrogens is 2. The molecule has 0 aliphatic carbocycles. The van der Waals surface area contributed by atoms with Crippen LogP contribution in [0, 0.1) is 0 Å². The summed E-state index contributed by atoms with van der Waals surface area (Å²) >= 11 is 3.39. The molecular weight excluding hydrogens is 478 g/mol. The van der Waals surface area contributed by atoms with Crippen molar-refractivity contribution in [3.63, 3.8) is 0 Å². The van der Waals surface area contributed by atoms with E-state index in [4.69, 9.17) is 14.2 Å². The summed E-state index contributed by atoms with van der Waals surface area (Å²) in [5, 5.41) is 4.84. The SMILES string of the molecule is CCc1nc2ccc(Br)cc2c(=O)n1N=Cc1cccc(OC)c1OCC(=O)OC(C)C. The van der Waals surface area contributed by atoms with Gasteiger partial charge in [-0.05, 0) is 44.2 Å². The molecule has 168 valence electrons. The number of carbonyl (C=O) groups is 1. The Hall–Kier alpha value is -3.20. The lowest BCUT2D eigenvalue weighted by Gasteiger charge is -2.14. The summed E-state index contributed by atoms with van der Waals surface area (Å²) in [5.74, 6) is 0.770. The van der Waals surface area contributed by atoms with Crippen molar-refractivity contribution in [1.82, 2.24) is 9.66 Å². The third-order valence-electron chi connectivity index (χ3n) is 4.43. The van der Waals surface area contributed by atoms with Crippen LogP contribution in [-0.4, -0.2) is 41.7 Å². The zero-order chi connectivity index (χ0) is 23.3. The molecule has 1 heterocycles. The molecule has 0 aliphatic heterocycles. The molecule has 8 nitrogen and oxygen atoms in total. The number of hydrogen-bond donors (Lipinski definition) is 0. The molecule has 2 aromatic carbocycles. The predicted molar refractivity (Wildman–Crippen MR) is 126 cm³/mol. The van der Waals surface area contributed by atoms with Crippen LogP contribution in [0.2, 0.25) is 0 Å². The van der Waals surface area contributed by atoms with E-state index in [2.05, 4.69) is 26.0 Å². The smallest absolute Gasteiger partial charge is 0.344 e. The number of aryl methyl sites for hydroxylation is 1. The molecule has 0 aliphatic rings. The maximum atomic E-state index is 13.1. The fourth-order valence-electron chi connectivity index (χ4n) is 3.04. The van der Waals surface area contributed by atoms with Crippen LogP contribution in [-0.2, 0) is 16.0 Å². The number of para-hydroxylation sites is 1. The Labute approximate surface area is 194 Å². The van der Waals surface area contributed by atoms with Crippen LogP contribution in [0.1, 0.15) is 32.2 Å². The Bertz CT molecular complexity index is 1220. The van der Waals surface area contributed by atoms with E-state index in [-0.39, 0.29) is 18.3 Å². The topological polar surface area (TPSA) is 92.0 Å². The highest BCUT2D eigenvalue weighted by Gasteiger charge is 2.14. The van der Waals surface area contributed by atoms with Gasteiger partial charge in [0.1, 0.15) is 5.82 Å². The van der Waals surface area contributed by atoms with E-state index < -0.39 is 5.97 Å². The van der Waals surface area contributed by atoms with Gasteiger partial charge in [0.15, 0.2) is 18.1 Å². The quantitative estimate of drug-likeness (QED) is 0.342. The van der Waals surface area contributed by atoms with Crippen LogP contribution < -0.4 is 15.0 Å². The maximum absolute atomic E-state index is 13.1. The van der Waals surface area contributed by atoms with Gasteiger partial charge >= 0.3 is 5.97 Å². The number of nitrogens with zero attached hydrogens (tertiary/aromatic N) is 3. The summed E-state index contributed by atoms with van der Waals surface area (Å²) in [5.41, 5.74) is 0.857. The number of esters is 1. The number of fused-ring (bicyclic) bond motifs is 1. The van der Waals surface area contributed by atoms with Crippen LogP contribution in [0.15, 0.2) is 50.8 Å². The lowest BCUT2D eigenvalue weighted by atomic mass is 10.2. The normalized spacial score (nSPS) is 11.3. The summed E-state index contributed by atoms with van der Waals surface area (Å²) in [4.78, 5) is 29.6. The van der Waals surface area contributed by atoms with Gasteiger partial charge in [-0.2, -0.15) is 9.78 Å². The lowest BCUT2D eigenvalue weighted by molar-refractivity contribution is -0.149. The van der Waals surface area contributed by atoms with Crippen molar-refractivity contribution >= 4 is 39.0 Å². The van der Waals surface area contributed by atoms with Gasteiger partial charge in [0, 0.05) is 16.5 Å². The van der Waals surface area contributed by atoms with Crippen molar-refractivity contribution in [3.05, 3.63) is 62.6 Å². The number of benzene rings is 2. The van der Waals surface area contributed by atoms with E-state index in [1.54, 1.807) is 44.2 Å². The minimum Gasteiger partial charge on any atom is -0.493 e. The average Bonchev–Trinajstić information content (AvgIpc) is 2.76. The van der Waals surface area contributed by atoms with Crippen molar-refractivity contribution in [2.75, 3.05) is 13.7 Å². The van der Waals surface area contributed by atoms with Gasteiger partial charge in [-0.1, -0.05) is 28.9 Å². The largest absolute Gasteiger partial charge is 0.493 e. The molecule has 1 aromatic heterocycles. The van der Waals surface area contributed by atoms with E-state index in [9.17, 15) is 9.59 Å². The van der Waals surface area contributed by atoms with E-state index in [0.29, 0.717) is 40.2 Å². The van der Waals surface area contributed by atoms with Gasteiger partial charge < -0.3 is 14.2 Å². The zero-order valence-electron chi connectivity index (χ0n) is 18.3. The Balaban J connectivity index is 2.01. The van der Waals surface area contributed by atoms with Crippen molar-refractivity contribution in [3.8, 4) is 11.5 Å². The number of rotatable bonds is 8. The Kier molecular flexibility index (Phi) is 7.63. The molecule has 32 heavy (non-hydrogen) atoms. The molecule has 3 rings (SSSR count). The van der Waals surface area contributed by atoms with Crippen molar-refractivity contribution in [1.29, 1.82) is 0 Å².